The first-order chi connectivity index (χ1) is 19.0. The standard InChI is InChI=1S/2C6H8O7.2H4O7P2.7Zn/c2*7-3(8)1-6(13,5(11)12)2-4(9)10;2*1-8(2,3)7-9(4,5)6;;;;;;;/h2*13H,1-2H2,(H,7,8)(H,9,10)(H,11,12);2*(H2,1,2,3)(H2,4,5,6);;;;;;;/q;;;;7*+2/p-14. The Morgan fingerprint density at radius 3 is 0.549 bits per heavy atom. The van der Waals surface area contributed by atoms with E-state index >= 15 is 0 Å². The van der Waals surface area contributed by atoms with Crippen molar-refractivity contribution < 1.29 is 272 Å². The van der Waals surface area contributed by atoms with Crippen LogP contribution in [0.5, 0.6) is 0 Å². The fourth-order valence-electron chi connectivity index (χ4n) is 1.61. The van der Waals surface area contributed by atoms with Crippen LogP contribution in [0.4, 0.5) is 0 Å². The smallest absolute Gasteiger partial charge is 0.790 e. The summed E-state index contributed by atoms with van der Waals surface area (Å²) in [5, 5.41) is 77.9. The molecule has 39 heteroatoms. The Hall–Kier alpha value is 1.62. The molecule has 0 aliphatic heterocycles. The first kappa shape index (κ1) is 80.9. The molecule has 0 radical (unpaired) electrons. The normalized spacial score (nSPS) is 10.4. The van der Waals surface area contributed by atoms with Crippen molar-refractivity contribution in [2.45, 2.75) is 36.9 Å². The predicted octanol–water partition coefficient (Wildman–Crippen LogP) is -17.2. The van der Waals surface area contributed by atoms with Crippen LogP contribution in [0.25, 0.3) is 0 Å². The van der Waals surface area contributed by atoms with Gasteiger partial charge >= 0.3 is 136 Å². The summed E-state index contributed by atoms with van der Waals surface area (Å²) in [5.74, 6) is -12.0. The molecule has 260 valence electrons. The van der Waals surface area contributed by atoms with Crippen molar-refractivity contribution in [1.82, 2.24) is 0 Å². The Morgan fingerprint density at radius 2 is 0.510 bits per heavy atom. The number of carbonyl (C=O) groups excluding carboxylic acids is 6. The van der Waals surface area contributed by atoms with Crippen LogP contribution in [-0.4, -0.2) is 57.2 Å². The molecule has 0 unspecified atom stereocenters. The van der Waals surface area contributed by atoms with Gasteiger partial charge in [0.1, 0.15) is 11.2 Å². The molecule has 0 atom stereocenters. The number of hydrogen-bond acceptors (Lipinski definition) is 28. The number of aliphatic hydroxyl groups is 2. The van der Waals surface area contributed by atoms with E-state index in [1.165, 1.54) is 0 Å². The van der Waals surface area contributed by atoms with Crippen molar-refractivity contribution in [3.63, 3.8) is 0 Å². The third-order valence-electron chi connectivity index (χ3n) is 2.91. The summed E-state index contributed by atoms with van der Waals surface area (Å²) in [4.78, 5) is 135. The molecule has 0 aliphatic rings. The quantitative estimate of drug-likeness (QED) is 0.120. The molecule has 0 aromatic rings. The zero-order chi connectivity index (χ0) is 36.7. The van der Waals surface area contributed by atoms with Crippen LogP contribution in [0.2, 0.25) is 0 Å². The van der Waals surface area contributed by atoms with Crippen LogP contribution in [-0.2, 0) is 192 Å². The number of phosphoric acid groups is 4. The van der Waals surface area contributed by atoms with E-state index < -0.39 is 104 Å². The molecule has 0 spiro atoms. The number of rotatable bonds is 14. The Bertz CT molecular complexity index is 1070. The molecular formula is C12H10O28P4Zn7. The van der Waals surface area contributed by atoms with Gasteiger partial charge in [-0.2, -0.15) is 0 Å². The molecule has 0 bridgehead atoms. The van der Waals surface area contributed by atoms with Gasteiger partial charge in [-0.15, -0.1) is 0 Å². The van der Waals surface area contributed by atoms with E-state index in [-0.39, 0.29) is 136 Å². The molecule has 51 heavy (non-hydrogen) atoms. The number of aliphatic carboxylic acids is 6. The van der Waals surface area contributed by atoms with Crippen LogP contribution in [0, 0.1) is 0 Å². The first-order valence-electron chi connectivity index (χ1n) is 9.15. The van der Waals surface area contributed by atoms with E-state index in [0.29, 0.717) is 0 Å². The second kappa shape index (κ2) is 34.8. The van der Waals surface area contributed by atoms with Crippen molar-refractivity contribution in [2.75, 3.05) is 0 Å². The molecular weight excluding hydrogens is 1170 g/mol. The van der Waals surface area contributed by atoms with Crippen LogP contribution in [0.3, 0.4) is 0 Å². The molecule has 28 nitrogen and oxygen atoms in total. The average molecular weight is 1180 g/mol. The van der Waals surface area contributed by atoms with Crippen LogP contribution in [0.15, 0.2) is 0 Å². The number of carboxylic acid groups (broad SMARTS) is 6. The molecule has 0 aromatic heterocycles. The number of carbonyl (C=O) groups is 6. The molecule has 0 saturated heterocycles. The van der Waals surface area contributed by atoms with Crippen molar-refractivity contribution in [3.05, 3.63) is 0 Å². The zero-order valence-electron chi connectivity index (χ0n) is 25.1. The molecule has 0 amide bonds. The van der Waals surface area contributed by atoms with Gasteiger partial charge in [-0.3, -0.25) is 0 Å². The van der Waals surface area contributed by atoms with Gasteiger partial charge in [-0.05, 0) is 0 Å². The molecule has 0 saturated carbocycles. The van der Waals surface area contributed by atoms with Gasteiger partial charge in [0.25, 0.3) is 0 Å². The van der Waals surface area contributed by atoms with Gasteiger partial charge in [0, 0.05) is 49.6 Å². The van der Waals surface area contributed by atoms with Gasteiger partial charge in [-0.1, -0.05) is 0 Å². The third kappa shape index (κ3) is 61.1. The minimum absolute atomic E-state index is 0. The van der Waals surface area contributed by atoms with E-state index in [9.17, 15) is 117 Å². The molecule has 2 N–H and O–H groups in total. The van der Waals surface area contributed by atoms with Crippen molar-refractivity contribution in [1.29, 1.82) is 0 Å². The summed E-state index contributed by atoms with van der Waals surface area (Å²) in [6.07, 6.45) is -5.43. The Kier molecular flexibility index (Phi) is 55.3. The SMILES string of the molecule is O=C([O-])CC(O)(CC(=O)[O-])C(=O)[O-].O=C([O-])CC(O)(CC(=O)[O-])C(=O)[O-].O=P([O-])([O-])OP(=O)([O-])[O-].O=P([O-])([O-])OP(=O)([O-])[O-].[Zn+2].[Zn+2].[Zn+2].[Zn+2].[Zn+2].[Zn+2].[Zn+2]. The van der Waals surface area contributed by atoms with Crippen LogP contribution >= 0.6 is 31.3 Å². The topological polar surface area (TPSA) is 552 Å². The maximum absolute atomic E-state index is 10.1. The van der Waals surface area contributed by atoms with Crippen molar-refractivity contribution in [2.24, 2.45) is 0 Å². The van der Waals surface area contributed by atoms with Gasteiger partial charge < -0.3 is 136 Å². The zero-order valence-corrected chi connectivity index (χ0v) is 49.4. The number of carboxylic acids is 6. The largest absolute Gasteiger partial charge is 2.00 e. The first-order valence-corrected chi connectivity index (χ1v) is 15.0. The molecule has 0 fully saturated rings. The third-order valence-corrected chi connectivity index (χ3v) is 6.11. The Balaban J connectivity index is -0.0000000450. The minimum atomic E-state index is -5.68. The van der Waals surface area contributed by atoms with Crippen LogP contribution in [0.1, 0.15) is 25.7 Å². The van der Waals surface area contributed by atoms with Gasteiger partial charge in [0.05, 0.1) is 43.2 Å². The minimum Gasteiger partial charge on any atom is -0.790 e. The summed E-state index contributed by atoms with van der Waals surface area (Å²) in [7, 11) is -22.7. The van der Waals surface area contributed by atoms with Crippen LogP contribution < -0.4 is 69.8 Å². The molecule has 0 heterocycles. The van der Waals surface area contributed by atoms with Gasteiger partial charge in [0.15, 0.2) is 0 Å². The van der Waals surface area contributed by atoms with Gasteiger partial charge in [0.2, 0.25) is 0 Å². The number of hydrogen-bond donors (Lipinski definition) is 2. The molecule has 0 rings (SSSR count). The fourth-order valence-corrected chi connectivity index (χ4v) is 3.57. The molecule has 0 aromatic carbocycles. The summed E-state index contributed by atoms with van der Waals surface area (Å²) < 4.78 is 42.3. The molecule has 0 aliphatic carbocycles. The maximum atomic E-state index is 10.1. The van der Waals surface area contributed by atoms with E-state index in [0.717, 1.165) is 0 Å². The van der Waals surface area contributed by atoms with Crippen molar-refractivity contribution in [3.8, 4) is 0 Å². The van der Waals surface area contributed by atoms with Crippen molar-refractivity contribution >= 4 is 67.1 Å². The van der Waals surface area contributed by atoms with E-state index in [1.54, 1.807) is 0 Å². The summed E-state index contributed by atoms with van der Waals surface area (Å²) in [6, 6.07) is 0. The maximum Gasteiger partial charge on any atom is 2.00 e. The Labute approximate surface area is 372 Å². The van der Waals surface area contributed by atoms with E-state index in [1.807, 2.05) is 0 Å². The van der Waals surface area contributed by atoms with Gasteiger partial charge in [-0.25, -0.2) is 0 Å². The van der Waals surface area contributed by atoms with E-state index in [2.05, 4.69) is 8.62 Å². The summed E-state index contributed by atoms with van der Waals surface area (Å²) in [6.45, 7) is 0. The van der Waals surface area contributed by atoms with E-state index in [4.69, 9.17) is 10.2 Å². The fraction of sp³-hybridized carbons (Fsp3) is 0.500. The predicted molar refractivity (Wildman–Crippen MR) is 91.0 cm³/mol. The second-order valence-corrected chi connectivity index (χ2v) is 11.7. The Morgan fingerprint density at radius 1 is 0.392 bits per heavy atom. The monoisotopic (exact) mass is 1170 g/mol. The summed E-state index contributed by atoms with van der Waals surface area (Å²) >= 11 is 0. The second-order valence-electron chi connectivity index (χ2n) is 6.79. The average Bonchev–Trinajstić information content (AvgIpc) is 2.60. The summed E-state index contributed by atoms with van der Waals surface area (Å²) in [5.41, 5.74) is -5.95.